The third kappa shape index (κ3) is 3.46. The Morgan fingerprint density at radius 2 is 2.12 bits per heavy atom. The van der Waals surface area contributed by atoms with Gasteiger partial charge in [-0.1, -0.05) is 12.1 Å². The van der Waals surface area contributed by atoms with E-state index in [1.165, 1.54) is 0 Å². The van der Waals surface area contributed by atoms with Crippen molar-refractivity contribution < 1.29 is 14.6 Å². The molecule has 0 saturated carbocycles. The molecule has 94 valence electrons. The quantitative estimate of drug-likeness (QED) is 0.822. The Hall–Kier alpha value is -1.55. The van der Waals surface area contributed by atoms with Gasteiger partial charge in [0.15, 0.2) is 0 Å². The van der Waals surface area contributed by atoms with Gasteiger partial charge in [-0.05, 0) is 38.0 Å². The second kappa shape index (κ2) is 5.19. The van der Waals surface area contributed by atoms with Crippen LogP contribution >= 0.6 is 0 Å². The molecule has 0 atom stereocenters. The first-order valence-corrected chi connectivity index (χ1v) is 5.49. The first-order valence-electron chi connectivity index (χ1n) is 5.49. The second-order valence-electron chi connectivity index (χ2n) is 4.59. The molecule has 1 rings (SSSR count). The van der Waals surface area contributed by atoms with E-state index in [1.54, 1.807) is 21.0 Å². The molecule has 0 saturated heterocycles. The molecule has 1 aromatic rings. The third-order valence-corrected chi connectivity index (χ3v) is 2.73. The summed E-state index contributed by atoms with van der Waals surface area (Å²) in [6.07, 6.45) is 0. The van der Waals surface area contributed by atoms with Gasteiger partial charge in [0.2, 0.25) is 0 Å². The number of hydrogen-bond acceptors (Lipinski definition) is 3. The zero-order chi connectivity index (χ0) is 13.1. The topological polar surface area (TPSA) is 58.6 Å². The molecule has 1 aromatic carbocycles. The fraction of sp³-hybridized carbons (Fsp3) is 0.462. The van der Waals surface area contributed by atoms with E-state index in [2.05, 4.69) is 5.32 Å². The van der Waals surface area contributed by atoms with Crippen molar-refractivity contribution in [2.45, 2.75) is 32.9 Å². The Morgan fingerprint density at radius 1 is 1.47 bits per heavy atom. The molecule has 17 heavy (non-hydrogen) atoms. The van der Waals surface area contributed by atoms with Crippen molar-refractivity contribution in [3.8, 4) is 5.75 Å². The van der Waals surface area contributed by atoms with Crippen molar-refractivity contribution in [3.05, 3.63) is 29.3 Å². The number of aliphatic carboxylic acids is 1. The predicted octanol–water partition coefficient (Wildman–Crippen LogP) is 1.96. The largest absolute Gasteiger partial charge is 0.496 e. The van der Waals surface area contributed by atoms with Crippen LogP contribution in [-0.2, 0) is 11.3 Å². The molecule has 4 heteroatoms. The molecule has 0 amide bonds. The Bertz CT molecular complexity index is 413. The first kappa shape index (κ1) is 13.5. The van der Waals surface area contributed by atoms with Gasteiger partial charge in [-0.3, -0.25) is 10.1 Å². The summed E-state index contributed by atoms with van der Waals surface area (Å²) in [5.41, 5.74) is 1.16. The maximum Gasteiger partial charge on any atom is 0.323 e. The van der Waals surface area contributed by atoms with Gasteiger partial charge in [-0.25, -0.2) is 0 Å². The van der Waals surface area contributed by atoms with Crippen LogP contribution in [0.15, 0.2) is 18.2 Å². The summed E-state index contributed by atoms with van der Waals surface area (Å²) >= 11 is 0. The number of hydrogen-bond donors (Lipinski definition) is 2. The summed E-state index contributed by atoms with van der Waals surface area (Å²) in [5, 5.41) is 12.0. The van der Waals surface area contributed by atoms with E-state index in [-0.39, 0.29) is 0 Å². The average molecular weight is 237 g/mol. The lowest BCUT2D eigenvalue weighted by atomic mass is 10.0. The number of ether oxygens (including phenoxy) is 1. The van der Waals surface area contributed by atoms with Crippen molar-refractivity contribution in [1.29, 1.82) is 0 Å². The molecule has 0 aliphatic carbocycles. The van der Waals surface area contributed by atoms with Crippen molar-refractivity contribution in [1.82, 2.24) is 5.32 Å². The van der Waals surface area contributed by atoms with Gasteiger partial charge >= 0.3 is 5.97 Å². The number of aryl methyl sites for hydroxylation is 1. The number of nitrogens with one attached hydrogen (secondary N) is 1. The maximum atomic E-state index is 10.9. The highest BCUT2D eigenvalue weighted by Gasteiger charge is 2.25. The SMILES string of the molecule is COc1ccc(CNC(C)(C)C(=O)O)cc1C. The molecule has 2 N–H and O–H groups in total. The third-order valence-electron chi connectivity index (χ3n) is 2.73. The summed E-state index contributed by atoms with van der Waals surface area (Å²) in [5.74, 6) is -0.0195. The van der Waals surface area contributed by atoms with Gasteiger partial charge in [0.1, 0.15) is 11.3 Å². The Morgan fingerprint density at radius 3 is 2.59 bits per heavy atom. The normalized spacial score (nSPS) is 11.3. The second-order valence-corrected chi connectivity index (χ2v) is 4.59. The first-order chi connectivity index (χ1) is 7.86. The van der Waals surface area contributed by atoms with Gasteiger partial charge < -0.3 is 9.84 Å². The minimum absolute atomic E-state index is 0.518. The van der Waals surface area contributed by atoms with Crippen LogP contribution in [0.2, 0.25) is 0 Å². The molecule has 0 aromatic heterocycles. The van der Waals surface area contributed by atoms with E-state index < -0.39 is 11.5 Å². The molecule has 0 heterocycles. The lowest BCUT2D eigenvalue weighted by molar-refractivity contribution is -0.143. The highest BCUT2D eigenvalue weighted by Crippen LogP contribution is 2.18. The van der Waals surface area contributed by atoms with E-state index in [0.29, 0.717) is 6.54 Å². The Balaban J connectivity index is 2.71. The van der Waals surface area contributed by atoms with Crippen LogP contribution in [0.25, 0.3) is 0 Å². The van der Waals surface area contributed by atoms with Crippen molar-refractivity contribution in [3.63, 3.8) is 0 Å². The fourth-order valence-electron chi connectivity index (χ4n) is 1.45. The standard InChI is InChI=1S/C13H19NO3/c1-9-7-10(5-6-11(9)17-4)8-14-13(2,3)12(15)16/h5-7,14H,8H2,1-4H3,(H,15,16). The molecule has 4 nitrogen and oxygen atoms in total. The average Bonchev–Trinajstić information content (AvgIpc) is 2.26. The van der Waals surface area contributed by atoms with Crippen LogP contribution in [-0.4, -0.2) is 23.7 Å². The fourth-order valence-corrected chi connectivity index (χ4v) is 1.45. The van der Waals surface area contributed by atoms with E-state index >= 15 is 0 Å². The lowest BCUT2D eigenvalue weighted by Gasteiger charge is -2.21. The van der Waals surface area contributed by atoms with Gasteiger partial charge in [0.05, 0.1) is 7.11 Å². The van der Waals surface area contributed by atoms with E-state index in [1.807, 2.05) is 25.1 Å². The molecular formula is C13H19NO3. The van der Waals surface area contributed by atoms with Crippen LogP contribution in [0.4, 0.5) is 0 Å². The van der Waals surface area contributed by atoms with Crippen molar-refractivity contribution >= 4 is 5.97 Å². The molecule has 0 aliphatic heterocycles. The van der Waals surface area contributed by atoms with Gasteiger partial charge in [0, 0.05) is 6.54 Å². The molecule has 0 spiro atoms. The van der Waals surface area contributed by atoms with Crippen molar-refractivity contribution in [2.75, 3.05) is 7.11 Å². The smallest absolute Gasteiger partial charge is 0.323 e. The van der Waals surface area contributed by atoms with Crippen LogP contribution in [0, 0.1) is 6.92 Å². The van der Waals surface area contributed by atoms with Gasteiger partial charge in [-0.15, -0.1) is 0 Å². The van der Waals surface area contributed by atoms with Gasteiger partial charge in [-0.2, -0.15) is 0 Å². The Labute approximate surface area is 102 Å². The van der Waals surface area contributed by atoms with Crippen LogP contribution in [0.1, 0.15) is 25.0 Å². The molecule has 0 fully saturated rings. The van der Waals surface area contributed by atoms with Gasteiger partial charge in [0.25, 0.3) is 0 Å². The van der Waals surface area contributed by atoms with Crippen LogP contribution < -0.4 is 10.1 Å². The number of carboxylic acids is 1. The summed E-state index contributed by atoms with van der Waals surface area (Å²) < 4.78 is 5.17. The Kier molecular flexibility index (Phi) is 4.12. The summed E-state index contributed by atoms with van der Waals surface area (Å²) in [4.78, 5) is 10.9. The van der Waals surface area contributed by atoms with Crippen molar-refractivity contribution in [2.24, 2.45) is 0 Å². The zero-order valence-electron chi connectivity index (χ0n) is 10.7. The van der Waals surface area contributed by atoms with E-state index in [9.17, 15) is 4.79 Å². The minimum Gasteiger partial charge on any atom is -0.496 e. The summed E-state index contributed by atoms with van der Waals surface area (Å²) in [6, 6.07) is 5.81. The summed E-state index contributed by atoms with van der Waals surface area (Å²) in [7, 11) is 1.63. The highest BCUT2D eigenvalue weighted by atomic mass is 16.5. The minimum atomic E-state index is -0.923. The number of carboxylic acid groups (broad SMARTS) is 1. The molecular weight excluding hydrogens is 218 g/mol. The van der Waals surface area contributed by atoms with E-state index in [4.69, 9.17) is 9.84 Å². The number of benzene rings is 1. The zero-order valence-corrected chi connectivity index (χ0v) is 10.7. The molecule has 0 radical (unpaired) electrons. The molecule has 0 aliphatic rings. The van der Waals surface area contributed by atoms with Crippen LogP contribution in [0.5, 0.6) is 5.75 Å². The number of carbonyl (C=O) groups is 1. The maximum absolute atomic E-state index is 10.9. The molecule has 0 bridgehead atoms. The molecule has 0 unspecified atom stereocenters. The monoisotopic (exact) mass is 237 g/mol. The lowest BCUT2D eigenvalue weighted by Crippen LogP contribution is -2.46. The summed E-state index contributed by atoms with van der Waals surface area (Å²) in [6.45, 7) is 5.77. The van der Waals surface area contributed by atoms with E-state index in [0.717, 1.165) is 16.9 Å². The number of rotatable bonds is 5. The number of methoxy groups -OCH3 is 1. The van der Waals surface area contributed by atoms with Crippen LogP contribution in [0.3, 0.4) is 0 Å². The highest BCUT2D eigenvalue weighted by molar-refractivity contribution is 5.77. The predicted molar refractivity (Wildman–Crippen MR) is 66.3 cm³/mol.